The number of nitrogens with zero attached hydrogens (tertiary/aromatic N) is 2. The summed E-state index contributed by atoms with van der Waals surface area (Å²) in [5.41, 5.74) is 7.51. The number of hydrogen-bond acceptors (Lipinski definition) is 6. The number of ether oxygens (including phenoxy) is 1. The minimum absolute atomic E-state index is 0.306. The molecule has 0 aliphatic heterocycles. The van der Waals surface area contributed by atoms with E-state index in [4.69, 9.17) is 16.3 Å². The van der Waals surface area contributed by atoms with Crippen LogP contribution in [0.5, 0.6) is 5.75 Å². The zero-order chi connectivity index (χ0) is 28.7. The lowest BCUT2D eigenvalue weighted by Crippen LogP contribution is -2.17. The molecule has 0 unspecified atom stereocenters. The summed E-state index contributed by atoms with van der Waals surface area (Å²) in [6.45, 7) is 0.306. The molecule has 0 radical (unpaired) electrons. The van der Waals surface area contributed by atoms with Gasteiger partial charge in [0.15, 0.2) is 5.13 Å². The Morgan fingerprint density at radius 2 is 1.64 bits per heavy atom. The molecule has 0 saturated heterocycles. The smallest absolute Gasteiger partial charge is 0.271 e. The second-order valence-corrected chi connectivity index (χ2v) is 10.6. The number of hydrazone groups is 1. The quantitative estimate of drug-likeness (QED) is 0.131. The van der Waals surface area contributed by atoms with Crippen molar-refractivity contribution in [2.45, 2.75) is 6.61 Å². The molecule has 2 N–H and O–H groups in total. The number of benzene rings is 5. The fourth-order valence-electron chi connectivity index (χ4n) is 4.43. The molecule has 6 rings (SSSR count). The Bertz CT molecular complexity index is 1870. The van der Waals surface area contributed by atoms with Crippen LogP contribution in [-0.2, 0) is 6.61 Å². The number of aromatic nitrogens is 1. The number of thiazole rings is 1. The Labute approximate surface area is 252 Å². The highest BCUT2D eigenvalue weighted by molar-refractivity contribution is 7.14. The van der Waals surface area contributed by atoms with Gasteiger partial charge in [0.05, 0.1) is 11.9 Å². The molecule has 6 nitrogen and oxygen atoms in total. The number of nitrogens with one attached hydrogen (secondary N) is 2. The monoisotopic (exact) mass is 588 g/mol. The van der Waals surface area contributed by atoms with E-state index >= 15 is 0 Å². The van der Waals surface area contributed by atoms with Gasteiger partial charge < -0.3 is 10.1 Å². The molecule has 8 heteroatoms. The van der Waals surface area contributed by atoms with Crippen molar-refractivity contribution in [2.24, 2.45) is 5.10 Å². The molecule has 0 fully saturated rings. The average Bonchev–Trinajstić information content (AvgIpc) is 3.50. The van der Waals surface area contributed by atoms with E-state index in [1.807, 2.05) is 109 Å². The number of carbonyl (C=O) groups excluding carboxylic acids is 1. The van der Waals surface area contributed by atoms with Crippen LogP contribution in [0.3, 0.4) is 0 Å². The lowest BCUT2D eigenvalue weighted by atomic mass is 10.0. The predicted molar refractivity (Wildman–Crippen MR) is 172 cm³/mol. The van der Waals surface area contributed by atoms with Crippen LogP contribution >= 0.6 is 22.9 Å². The summed E-state index contributed by atoms with van der Waals surface area (Å²) in [5, 5.41) is 13.0. The molecule has 0 aliphatic carbocycles. The van der Waals surface area contributed by atoms with Crippen LogP contribution in [0.25, 0.3) is 22.0 Å². The van der Waals surface area contributed by atoms with Crippen LogP contribution in [0.1, 0.15) is 21.5 Å². The largest absolute Gasteiger partial charge is 0.488 e. The van der Waals surface area contributed by atoms with Crippen molar-refractivity contribution >= 4 is 56.7 Å². The van der Waals surface area contributed by atoms with Gasteiger partial charge in [0, 0.05) is 38.3 Å². The number of fused-ring (bicyclic) bond motifs is 1. The Kier molecular flexibility index (Phi) is 8.21. The number of para-hydroxylation sites is 1. The average molecular weight is 589 g/mol. The van der Waals surface area contributed by atoms with E-state index in [1.165, 1.54) is 11.3 Å². The summed E-state index contributed by atoms with van der Waals surface area (Å²) in [5.74, 6) is 0.321. The second kappa shape index (κ2) is 12.7. The third-order valence-corrected chi connectivity index (χ3v) is 7.73. The SMILES string of the molecule is O=C(N/N=C\c1c(OCc2ccccc2Cl)ccc2ccccc12)c1ccc(-c2csc(Nc3ccccc3)n2)cc1. The topological polar surface area (TPSA) is 75.6 Å². The van der Waals surface area contributed by atoms with E-state index in [1.54, 1.807) is 18.3 Å². The summed E-state index contributed by atoms with van der Waals surface area (Å²) in [4.78, 5) is 17.6. The van der Waals surface area contributed by atoms with Gasteiger partial charge in [-0.25, -0.2) is 10.4 Å². The predicted octanol–water partition coefficient (Wildman–Crippen LogP) is 8.70. The normalized spacial score (nSPS) is 11.1. The minimum Gasteiger partial charge on any atom is -0.488 e. The zero-order valence-corrected chi connectivity index (χ0v) is 23.9. The number of halogens is 1. The van der Waals surface area contributed by atoms with Crippen molar-refractivity contribution in [1.82, 2.24) is 10.4 Å². The fourth-order valence-corrected chi connectivity index (χ4v) is 5.36. The molecule has 6 aromatic rings. The molecule has 42 heavy (non-hydrogen) atoms. The number of carbonyl (C=O) groups is 1. The van der Waals surface area contributed by atoms with Crippen molar-refractivity contribution in [3.63, 3.8) is 0 Å². The summed E-state index contributed by atoms with van der Waals surface area (Å²) in [6, 6.07) is 36.6. The van der Waals surface area contributed by atoms with Gasteiger partial charge in [0.2, 0.25) is 0 Å². The Hall–Kier alpha value is -4.98. The van der Waals surface area contributed by atoms with Gasteiger partial charge in [-0.05, 0) is 47.2 Å². The van der Waals surface area contributed by atoms with Crippen LogP contribution < -0.4 is 15.5 Å². The van der Waals surface area contributed by atoms with E-state index in [2.05, 4.69) is 20.8 Å². The molecular formula is C34H25ClN4O2S. The third-order valence-electron chi connectivity index (χ3n) is 6.60. The van der Waals surface area contributed by atoms with Gasteiger partial charge in [0.25, 0.3) is 5.91 Å². The molecule has 0 atom stereocenters. The van der Waals surface area contributed by atoms with E-state index < -0.39 is 0 Å². The summed E-state index contributed by atoms with van der Waals surface area (Å²) >= 11 is 7.84. The number of amides is 1. The first kappa shape index (κ1) is 27.2. The highest BCUT2D eigenvalue weighted by Gasteiger charge is 2.11. The zero-order valence-electron chi connectivity index (χ0n) is 22.3. The van der Waals surface area contributed by atoms with Gasteiger partial charge in [-0.1, -0.05) is 90.5 Å². The number of anilines is 2. The summed E-state index contributed by atoms with van der Waals surface area (Å²) in [6.07, 6.45) is 1.62. The number of hydrogen-bond donors (Lipinski definition) is 2. The molecule has 0 spiro atoms. The highest BCUT2D eigenvalue weighted by Crippen LogP contribution is 2.29. The molecule has 0 aliphatic rings. The number of rotatable bonds is 9. The molecule has 1 aromatic heterocycles. The standard InChI is InChI=1S/C34H25ClN4O2S/c35-30-13-7-5-9-26(30)21-41-32-19-18-23-8-4-6-12-28(23)29(32)20-36-39-33(40)25-16-14-24(15-17-25)31-22-42-34(38-31)37-27-10-2-1-3-11-27/h1-20,22H,21H2,(H,37,38)(H,39,40)/b36-20-. The van der Waals surface area contributed by atoms with Crippen LogP contribution in [0.4, 0.5) is 10.8 Å². The van der Waals surface area contributed by atoms with Gasteiger partial charge in [0.1, 0.15) is 12.4 Å². The fraction of sp³-hybridized carbons (Fsp3) is 0.0294. The van der Waals surface area contributed by atoms with Crippen LogP contribution in [0, 0.1) is 0 Å². The van der Waals surface area contributed by atoms with E-state index in [-0.39, 0.29) is 5.91 Å². The van der Waals surface area contributed by atoms with Gasteiger partial charge in [-0.15, -0.1) is 11.3 Å². The lowest BCUT2D eigenvalue weighted by Gasteiger charge is -2.12. The first-order valence-corrected chi connectivity index (χ1v) is 14.5. The molecular weight excluding hydrogens is 564 g/mol. The lowest BCUT2D eigenvalue weighted by molar-refractivity contribution is 0.0955. The molecule has 0 saturated carbocycles. The molecule has 1 amide bonds. The van der Waals surface area contributed by atoms with Crippen molar-refractivity contribution in [3.05, 3.63) is 142 Å². The summed E-state index contributed by atoms with van der Waals surface area (Å²) < 4.78 is 6.15. The third kappa shape index (κ3) is 6.33. The maximum atomic E-state index is 12.9. The first-order valence-electron chi connectivity index (χ1n) is 13.2. The highest BCUT2D eigenvalue weighted by atomic mass is 35.5. The van der Waals surface area contributed by atoms with Crippen LogP contribution in [-0.4, -0.2) is 17.1 Å². The second-order valence-electron chi connectivity index (χ2n) is 9.38. The molecule has 5 aromatic carbocycles. The van der Waals surface area contributed by atoms with E-state index in [0.717, 1.165) is 44.0 Å². The first-order chi connectivity index (χ1) is 20.6. The molecule has 206 valence electrons. The van der Waals surface area contributed by atoms with Gasteiger partial charge >= 0.3 is 0 Å². The van der Waals surface area contributed by atoms with Crippen LogP contribution in [0.2, 0.25) is 5.02 Å². The molecule has 0 bridgehead atoms. The van der Waals surface area contributed by atoms with Crippen molar-refractivity contribution < 1.29 is 9.53 Å². The van der Waals surface area contributed by atoms with E-state index in [9.17, 15) is 4.79 Å². The Morgan fingerprint density at radius 1 is 0.881 bits per heavy atom. The van der Waals surface area contributed by atoms with Crippen LogP contribution in [0.15, 0.2) is 126 Å². The van der Waals surface area contributed by atoms with Gasteiger partial charge in [-0.3, -0.25) is 4.79 Å². The van der Waals surface area contributed by atoms with E-state index in [0.29, 0.717) is 22.9 Å². The van der Waals surface area contributed by atoms with Crippen molar-refractivity contribution in [1.29, 1.82) is 0 Å². The minimum atomic E-state index is -0.318. The maximum absolute atomic E-state index is 12.9. The molecule has 1 heterocycles. The van der Waals surface area contributed by atoms with Crippen molar-refractivity contribution in [3.8, 4) is 17.0 Å². The van der Waals surface area contributed by atoms with Gasteiger partial charge in [-0.2, -0.15) is 5.10 Å². The maximum Gasteiger partial charge on any atom is 0.271 e. The summed E-state index contributed by atoms with van der Waals surface area (Å²) in [7, 11) is 0. The Morgan fingerprint density at radius 3 is 2.48 bits per heavy atom. The Balaban J connectivity index is 1.14. The van der Waals surface area contributed by atoms with Crippen molar-refractivity contribution in [2.75, 3.05) is 5.32 Å².